The number of rotatable bonds is 0. The largest absolute Gasteiger partial charge is 0.270 e. The van der Waals surface area contributed by atoms with Gasteiger partial charge in [-0.25, -0.2) is 0 Å². The summed E-state index contributed by atoms with van der Waals surface area (Å²) in [6.07, 6.45) is 2.04. The summed E-state index contributed by atoms with van der Waals surface area (Å²) in [5, 5.41) is 2.27. The molecule has 100 valence electrons. The molecule has 3 aromatic heterocycles. The van der Waals surface area contributed by atoms with E-state index in [9.17, 15) is 4.79 Å². The normalized spacial score (nSPS) is 10.9. The molecule has 3 nitrogen and oxygen atoms in total. The number of para-hydroxylation sites is 1. The fourth-order valence-corrected chi connectivity index (χ4v) is 2.77. The molecule has 4 rings (SSSR count). The molecule has 0 atom stereocenters. The molecule has 0 bridgehead atoms. The third kappa shape index (κ3) is 1.53. The summed E-state index contributed by atoms with van der Waals surface area (Å²) >= 11 is 0. The number of aromatic nitrogens is 2. The van der Waals surface area contributed by atoms with Crippen molar-refractivity contribution in [2.45, 2.75) is 13.8 Å². The molecule has 3 heteroatoms. The SMILES string of the molecule is CC.C[n+]1ccc2c3ccccc3n3c(=O)ccc1c23. The van der Waals surface area contributed by atoms with E-state index in [1.807, 2.05) is 55.9 Å². The van der Waals surface area contributed by atoms with Gasteiger partial charge in [0.25, 0.3) is 5.56 Å². The van der Waals surface area contributed by atoms with Gasteiger partial charge in [0.2, 0.25) is 5.52 Å². The summed E-state index contributed by atoms with van der Waals surface area (Å²) in [6.45, 7) is 4.00. The summed E-state index contributed by atoms with van der Waals surface area (Å²) in [4.78, 5) is 12.1. The summed E-state index contributed by atoms with van der Waals surface area (Å²) < 4.78 is 3.85. The van der Waals surface area contributed by atoms with Crippen molar-refractivity contribution in [3.05, 3.63) is 59.0 Å². The van der Waals surface area contributed by atoms with E-state index in [-0.39, 0.29) is 5.56 Å². The molecule has 0 aliphatic heterocycles. The highest BCUT2D eigenvalue weighted by atomic mass is 16.1. The van der Waals surface area contributed by atoms with Crippen LogP contribution in [0.25, 0.3) is 27.3 Å². The lowest BCUT2D eigenvalue weighted by Crippen LogP contribution is -2.29. The van der Waals surface area contributed by atoms with Gasteiger partial charge in [-0.2, -0.15) is 4.57 Å². The molecule has 0 aliphatic rings. The standard InChI is InChI=1S/C15H11N2O.C2H6/c1-16-9-8-11-10-4-2-3-5-12(10)17-14(18)7-6-13(16)15(11)17;1-2/h2-9H,1H3;1-2H3/q+1;. The van der Waals surface area contributed by atoms with Crippen molar-refractivity contribution in [1.82, 2.24) is 4.40 Å². The van der Waals surface area contributed by atoms with E-state index in [1.54, 1.807) is 10.5 Å². The fraction of sp³-hybridized carbons (Fsp3) is 0.176. The quantitative estimate of drug-likeness (QED) is 0.449. The highest BCUT2D eigenvalue weighted by Crippen LogP contribution is 2.28. The lowest BCUT2D eigenvalue weighted by atomic mass is 10.2. The van der Waals surface area contributed by atoms with Crippen molar-refractivity contribution in [2.24, 2.45) is 7.05 Å². The first-order valence-corrected chi connectivity index (χ1v) is 6.91. The molecule has 4 aromatic rings. The maximum atomic E-state index is 12.1. The van der Waals surface area contributed by atoms with Crippen LogP contribution in [0.3, 0.4) is 0 Å². The van der Waals surface area contributed by atoms with Crippen molar-refractivity contribution in [2.75, 3.05) is 0 Å². The number of nitrogens with zero attached hydrogens (tertiary/aromatic N) is 2. The second-order valence-corrected chi connectivity index (χ2v) is 4.60. The molecule has 0 saturated carbocycles. The number of fused-ring (bicyclic) bond motifs is 3. The number of pyridine rings is 2. The lowest BCUT2D eigenvalue weighted by Gasteiger charge is -1.97. The van der Waals surface area contributed by atoms with Gasteiger partial charge >= 0.3 is 0 Å². The van der Waals surface area contributed by atoms with Gasteiger partial charge in [-0.3, -0.25) is 9.20 Å². The average molecular weight is 265 g/mol. The minimum absolute atomic E-state index is 0.0277. The van der Waals surface area contributed by atoms with Crippen LogP contribution in [-0.4, -0.2) is 4.40 Å². The molecule has 0 N–H and O–H groups in total. The van der Waals surface area contributed by atoms with E-state index in [0.29, 0.717) is 0 Å². The van der Waals surface area contributed by atoms with Crippen molar-refractivity contribution in [3.63, 3.8) is 0 Å². The predicted octanol–water partition coefficient (Wildman–Crippen LogP) is 2.89. The molecule has 0 fully saturated rings. The topological polar surface area (TPSA) is 25.4 Å². The molecule has 0 amide bonds. The molecular weight excluding hydrogens is 248 g/mol. The number of hydrogen-bond donors (Lipinski definition) is 0. The summed E-state index contributed by atoms with van der Waals surface area (Å²) in [6, 6.07) is 13.6. The molecule has 20 heavy (non-hydrogen) atoms. The maximum Gasteiger partial charge on any atom is 0.256 e. The number of benzene rings is 1. The van der Waals surface area contributed by atoms with Gasteiger partial charge < -0.3 is 0 Å². The second kappa shape index (κ2) is 4.60. The molecular formula is C17H17N2O+. The van der Waals surface area contributed by atoms with Crippen LogP contribution in [0.1, 0.15) is 13.8 Å². The molecule has 3 heterocycles. The third-order valence-electron chi connectivity index (χ3n) is 3.61. The first-order valence-electron chi connectivity index (χ1n) is 6.91. The Balaban J connectivity index is 0.000000581. The molecule has 0 spiro atoms. The van der Waals surface area contributed by atoms with Crippen LogP contribution in [0.2, 0.25) is 0 Å². The van der Waals surface area contributed by atoms with Crippen LogP contribution >= 0.6 is 0 Å². The average Bonchev–Trinajstić information content (AvgIpc) is 2.83. The second-order valence-electron chi connectivity index (χ2n) is 4.60. The van der Waals surface area contributed by atoms with Crippen LogP contribution in [0, 0.1) is 0 Å². The van der Waals surface area contributed by atoms with E-state index in [1.165, 1.54) is 0 Å². The van der Waals surface area contributed by atoms with Crippen molar-refractivity contribution >= 4 is 27.3 Å². The number of aryl methyl sites for hydroxylation is 1. The molecule has 0 aliphatic carbocycles. The van der Waals surface area contributed by atoms with Gasteiger partial charge in [0.15, 0.2) is 6.20 Å². The van der Waals surface area contributed by atoms with Gasteiger partial charge in [-0.05, 0) is 6.07 Å². The van der Waals surface area contributed by atoms with Crippen molar-refractivity contribution in [1.29, 1.82) is 0 Å². The monoisotopic (exact) mass is 265 g/mol. The highest BCUT2D eigenvalue weighted by Gasteiger charge is 2.17. The van der Waals surface area contributed by atoms with Crippen LogP contribution < -0.4 is 10.1 Å². The van der Waals surface area contributed by atoms with Crippen LogP contribution in [0.15, 0.2) is 53.5 Å². The third-order valence-corrected chi connectivity index (χ3v) is 3.61. The zero-order valence-electron chi connectivity index (χ0n) is 11.9. The minimum atomic E-state index is 0.0277. The minimum Gasteiger partial charge on any atom is -0.270 e. The van der Waals surface area contributed by atoms with Gasteiger partial charge in [-0.1, -0.05) is 32.0 Å². The van der Waals surface area contributed by atoms with Crippen molar-refractivity contribution in [3.8, 4) is 0 Å². The van der Waals surface area contributed by atoms with Gasteiger partial charge in [0, 0.05) is 29.0 Å². The fourth-order valence-electron chi connectivity index (χ4n) is 2.77. The van der Waals surface area contributed by atoms with Gasteiger partial charge in [-0.15, -0.1) is 0 Å². The van der Waals surface area contributed by atoms with Crippen LogP contribution in [-0.2, 0) is 7.05 Å². The summed E-state index contributed by atoms with van der Waals surface area (Å²) in [5.74, 6) is 0. The first-order chi connectivity index (χ1) is 9.77. The number of hydrogen-bond acceptors (Lipinski definition) is 1. The summed E-state index contributed by atoms with van der Waals surface area (Å²) in [5.41, 5.74) is 3.09. The van der Waals surface area contributed by atoms with Gasteiger partial charge in [0.05, 0.1) is 5.52 Å². The summed E-state index contributed by atoms with van der Waals surface area (Å²) in [7, 11) is 2.00. The molecule has 1 aromatic carbocycles. The Labute approximate surface area is 117 Å². The van der Waals surface area contributed by atoms with Crippen molar-refractivity contribution < 1.29 is 4.57 Å². The van der Waals surface area contributed by atoms with E-state index < -0.39 is 0 Å². The maximum absolute atomic E-state index is 12.1. The Morgan fingerprint density at radius 1 is 0.950 bits per heavy atom. The zero-order valence-corrected chi connectivity index (χ0v) is 11.9. The van der Waals surface area contributed by atoms with Crippen LogP contribution in [0.5, 0.6) is 0 Å². The predicted molar refractivity (Wildman–Crippen MR) is 82.4 cm³/mol. The van der Waals surface area contributed by atoms with E-state index in [0.717, 1.165) is 27.3 Å². The van der Waals surface area contributed by atoms with E-state index in [2.05, 4.69) is 12.1 Å². The van der Waals surface area contributed by atoms with E-state index in [4.69, 9.17) is 0 Å². The molecule has 0 saturated heterocycles. The lowest BCUT2D eigenvalue weighted by molar-refractivity contribution is -0.644. The Morgan fingerprint density at radius 3 is 2.50 bits per heavy atom. The Kier molecular flexibility index (Phi) is 2.90. The molecule has 0 radical (unpaired) electrons. The Hall–Kier alpha value is -2.42. The Bertz CT molecular complexity index is 954. The van der Waals surface area contributed by atoms with E-state index >= 15 is 0 Å². The first kappa shape index (κ1) is 12.6. The molecule has 0 unspecified atom stereocenters. The van der Waals surface area contributed by atoms with Crippen LogP contribution in [0.4, 0.5) is 0 Å². The Morgan fingerprint density at radius 2 is 1.70 bits per heavy atom. The highest BCUT2D eigenvalue weighted by molar-refractivity contribution is 6.11. The zero-order chi connectivity index (χ0) is 14.3. The smallest absolute Gasteiger partial charge is 0.256 e. The van der Waals surface area contributed by atoms with Gasteiger partial charge in [0.1, 0.15) is 12.6 Å².